The molecule has 5 heteroatoms. The third kappa shape index (κ3) is 1.82. The van der Waals surface area contributed by atoms with E-state index in [1.807, 2.05) is 0 Å². The van der Waals surface area contributed by atoms with Gasteiger partial charge < -0.3 is 0 Å². The lowest BCUT2D eigenvalue weighted by molar-refractivity contribution is 0.107. The molecule has 0 bridgehead atoms. The van der Waals surface area contributed by atoms with E-state index in [9.17, 15) is 13.6 Å². The molecule has 0 fully saturated rings. The van der Waals surface area contributed by atoms with Gasteiger partial charge >= 0.3 is 0 Å². The van der Waals surface area contributed by atoms with Crippen molar-refractivity contribution >= 4 is 16.8 Å². The summed E-state index contributed by atoms with van der Waals surface area (Å²) in [6.07, 6.45) is 0. The first-order valence-electron chi connectivity index (χ1n) is 3.15. The third-order valence-corrected chi connectivity index (χ3v) is 1.56. The molecule has 0 saturated carbocycles. The Bertz CT molecular complexity index is 388. The van der Waals surface area contributed by atoms with Gasteiger partial charge in [-0.15, -0.1) is 0 Å². The summed E-state index contributed by atoms with van der Waals surface area (Å²) in [5.74, 6) is -2.26. The van der Waals surface area contributed by atoms with E-state index in [0.717, 1.165) is 12.1 Å². The molecule has 0 unspecified atom stereocenters. The second-order valence-corrected chi connectivity index (χ2v) is 2.54. The van der Waals surface area contributed by atoms with Crippen LogP contribution in [0.1, 0.15) is 15.9 Å². The Morgan fingerprint density at radius 2 is 1.85 bits per heavy atom. The fraction of sp³-hybridized carbons (Fsp3) is 0. The van der Waals surface area contributed by atoms with Crippen LogP contribution in [-0.2, 0) is 0 Å². The molecule has 0 spiro atoms. The van der Waals surface area contributed by atoms with E-state index in [2.05, 4.69) is 0 Å². The zero-order valence-corrected chi connectivity index (χ0v) is 6.90. The van der Waals surface area contributed by atoms with Crippen molar-refractivity contribution in [3.8, 4) is 6.07 Å². The van der Waals surface area contributed by atoms with Crippen LogP contribution < -0.4 is 0 Å². The van der Waals surface area contributed by atoms with Crippen molar-refractivity contribution in [2.75, 3.05) is 0 Å². The zero-order chi connectivity index (χ0) is 10.0. The monoisotopic (exact) mass is 201 g/mol. The van der Waals surface area contributed by atoms with Crippen molar-refractivity contribution in [3.63, 3.8) is 0 Å². The van der Waals surface area contributed by atoms with Gasteiger partial charge in [0.05, 0.1) is 11.6 Å². The zero-order valence-electron chi connectivity index (χ0n) is 6.14. The number of carbonyl (C=O) groups is 1. The molecule has 0 aromatic heterocycles. The van der Waals surface area contributed by atoms with Crippen molar-refractivity contribution < 1.29 is 13.6 Å². The first kappa shape index (κ1) is 9.62. The van der Waals surface area contributed by atoms with Crippen LogP contribution in [0.25, 0.3) is 0 Å². The number of rotatable bonds is 1. The molecule has 13 heavy (non-hydrogen) atoms. The summed E-state index contributed by atoms with van der Waals surface area (Å²) in [4.78, 5) is 10.5. The van der Waals surface area contributed by atoms with Gasteiger partial charge in [0.1, 0.15) is 17.2 Å². The molecule has 0 aliphatic rings. The summed E-state index contributed by atoms with van der Waals surface area (Å²) in [7, 11) is 0. The van der Waals surface area contributed by atoms with Gasteiger partial charge in [0.2, 0.25) is 0 Å². The maximum atomic E-state index is 12.9. The lowest BCUT2D eigenvalue weighted by Crippen LogP contribution is -2.00. The molecular weight excluding hydrogens is 200 g/mol. The number of hydrogen-bond donors (Lipinski definition) is 0. The van der Waals surface area contributed by atoms with Crippen LogP contribution in [0.5, 0.6) is 0 Å². The lowest BCUT2D eigenvalue weighted by atomic mass is 10.1. The largest absolute Gasteiger partial charge is 0.275 e. The number of nitrogens with zero attached hydrogens (tertiary/aromatic N) is 1. The van der Waals surface area contributed by atoms with E-state index in [-0.39, 0.29) is 5.56 Å². The standard InChI is InChI=1S/C8H2ClF2NO/c9-8(13)7-5(10)1-4(3-12)2-6(7)11/h1-2H. The van der Waals surface area contributed by atoms with Crippen LogP contribution >= 0.6 is 11.6 Å². The van der Waals surface area contributed by atoms with E-state index in [0.29, 0.717) is 0 Å². The van der Waals surface area contributed by atoms with Crippen molar-refractivity contribution in [2.24, 2.45) is 0 Å². The summed E-state index contributed by atoms with van der Waals surface area (Å²) in [5, 5.41) is 7.09. The minimum absolute atomic E-state index is 0.198. The lowest BCUT2D eigenvalue weighted by Gasteiger charge is -1.98. The predicted octanol–water partition coefficient (Wildman–Crippen LogP) is 2.22. The summed E-state index contributed by atoms with van der Waals surface area (Å²) in [6.45, 7) is 0. The molecule has 0 saturated heterocycles. The highest BCUT2D eigenvalue weighted by Crippen LogP contribution is 2.16. The molecule has 0 radical (unpaired) electrons. The van der Waals surface area contributed by atoms with Crippen molar-refractivity contribution in [1.82, 2.24) is 0 Å². The summed E-state index contributed by atoms with van der Waals surface area (Å²) in [5.41, 5.74) is -1.03. The van der Waals surface area contributed by atoms with Crippen LogP contribution in [0.4, 0.5) is 8.78 Å². The first-order valence-corrected chi connectivity index (χ1v) is 3.53. The van der Waals surface area contributed by atoms with Crippen molar-refractivity contribution in [2.45, 2.75) is 0 Å². The first-order chi connectivity index (χ1) is 6.06. The fourth-order valence-corrected chi connectivity index (χ4v) is 1.01. The average molecular weight is 202 g/mol. The van der Waals surface area contributed by atoms with Gasteiger partial charge in [0.25, 0.3) is 5.24 Å². The number of carbonyl (C=O) groups excluding carboxylic acids is 1. The Balaban J connectivity index is 3.42. The maximum Gasteiger partial charge on any atom is 0.258 e. The third-order valence-electron chi connectivity index (χ3n) is 1.37. The molecule has 0 heterocycles. The van der Waals surface area contributed by atoms with Gasteiger partial charge in [-0.2, -0.15) is 5.26 Å². The number of benzene rings is 1. The van der Waals surface area contributed by atoms with Gasteiger partial charge in [-0.1, -0.05) is 0 Å². The van der Waals surface area contributed by atoms with Gasteiger partial charge in [-0.25, -0.2) is 8.78 Å². The molecule has 1 aromatic rings. The Labute approximate surface area is 77.3 Å². The average Bonchev–Trinajstić information content (AvgIpc) is 2.02. The molecule has 66 valence electrons. The molecule has 0 N–H and O–H groups in total. The second-order valence-electron chi connectivity index (χ2n) is 2.20. The van der Waals surface area contributed by atoms with Crippen LogP contribution in [0.2, 0.25) is 0 Å². The second kappa shape index (κ2) is 3.50. The van der Waals surface area contributed by atoms with Gasteiger partial charge in [-0.3, -0.25) is 4.79 Å². The van der Waals surface area contributed by atoms with E-state index < -0.39 is 22.4 Å². The quantitative estimate of drug-likeness (QED) is 0.654. The highest BCUT2D eigenvalue weighted by Gasteiger charge is 2.16. The Morgan fingerprint density at radius 1 is 1.38 bits per heavy atom. The Morgan fingerprint density at radius 3 is 2.15 bits per heavy atom. The highest BCUT2D eigenvalue weighted by molar-refractivity contribution is 6.67. The molecule has 0 atom stereocenters. The molecule has 0 aliphatic carbocycles. The smallest absolute Gasteiger partial charge is 0.258 e. The molecule has 0 amide bonds. The minimum atomic E-state index is -1.22. The van der Waals surface area contributed by atoms with E-state index >= 15 is 0 Å². The molecule has 1 rings (SSSR count). The fourth-order valence-electron chi connectivity index (χ4n) is 0.825. The maximum absolute atomic E-state index is 12.9. The number of halogens is 3. The normalized spacial score (nSPS) is 9.38. The molecular formula is C8H2ClF2NO. The van der Waals surface area contributed by atoms with E-state index in [1.54, 1.807) is 6.07 Å². The number of nitriles is 1. The topological polar surface area (TPSA) is 40.9 Å². The summed E-state index contributed by atoms with van der Waals surface area (Å²) in [6, 6.07) is 3.04. The molecule has 2 nitrogen and oxygen atoms in total. The number of hydrogen-bond acceptors (Lipinski definition) is 2. The van der Waals surface area contributed by atoms with Crippen molar-refractivity contribution in [3.05, 3.63) is 34.9 Å². The molecule has 0 aliphatic heterocycles. The molecule has 1 aromatic carbocycles. The van der Waals surface area contributed by atoms with Crippen LogP contribution in [-0.4, -0.2) is 5.24 Å². The van der Waals surface area contributed by atoms with Crippen LogP contribution in [0.15, 0.2) is 12.1 Å². The Kier molecular flexibility index (Phi) is 2.59. The van der Waals surface area contributed by atoms with Crippen LogP contribution in [0.3, 0.4) is 0 Å². The van der Waals surface area contributed by atoms with Gasteiger partial charge in [0, 0.05) is 0 Å². The SMILES string of the molecule is N#Cc1cc(F)c(C(=O)Cl)c(F)c1. The van der Waals surface area contributed by atoms with E-state index in [4.69, 9.17) is 16.9 Å². The van der Waals surface area contributed by atoms with Crippen LogP contribution in [0, 0.1) is 23.0 Å². The summed E-state index contributed by atoms with van der Waals surface area (Å²) < 4.78 is 25.7. The summed E-state index contributed by atoms with van der Waals surface area (Å²) >= 11 is 4.91. The van der Waals surface area contributed by atoms with Gasteiger partial charge in [0.15, 0.2) is 0 Å². The van der Waals surface area contributed by atoms with Crippen molar-refractivity contribution in [1.29, 1.82) is 5.26 Å². The minimum Gasteiger partial charge on any atom is -0.275 e. The van der Waals surface area contributed by atoms with Gasteiger partial charge in [-0.05, 0) is 23.7 Å². The highest BCUT2D eigenvalue weighted by atomic mass is 35.5. The predicted molar refractivity (Wildman–Crippen MR) is 41.3 cm³/mol. The van der Waals surface area contributed by atoms with E-state index in [1.165, 1.54) is 0 Å². The Hall–Kier alpha value is -1.47.